The molecule has 0 radical (unpaired) electrons. The van der Waals surface area contributed by atoms with Crippen LogP contribution in [0, 0.1) is 0 Å². The van der Waals surface area contributed by atoms with Gasteiger partial charge in [-0.15, -0.1) is 0 Å². The van der Waals surface area contributed by atoms with Crippen molar-refractivity contribution in [3.63, 3.8) is 0 Å². The summed E-state index contributed by atoms with van der Waals surface area (Å²) in [4.78, 5) is 2.41. The molecule has 0 unspecified atom stereocenters. The van der Waals surface area contributed by atoms with Crippen molar-refractivity contribution < 1.29 is 4.42 Å². The van der Waals surface area contributed by atoms with Crippen molar-refractivity contribution in [1.82, 2.24) is 4.57 Å². The van der Waals surface area contributed by atoms with Gasteiger partial charge in [0.1, 0.15) is 11.2 Å². The fourth-order valence-corrected chi connectivity index (χ4v) is 10.2. The van der Waals surface area contributed by atoms with Crippen molar-refractivity contribution >= 4 is 82.4 Å². The molecule has 3 nitrogen and oxygen atoms in total. The van der Waals surface area contributed by atoms with Crippen LogP contribution in [0.1, 0.15) is 0 Å². The second-order valence-corrected chi connectivity index (χ2v) is 16.8. The average Bonchev–Trinajstić information content (AvgIpc) is 3.93. The molecular weight excluding hydrogens is 789 g/mol. The van der Waals surface area contributed by atoms with E-state index in [1.54, 1.807) is 0 Å². The number of hydrogen-bond donors (Lipinski definition) is 0. The minimum atomic E-state index is 0.895. The lowest BCUT2D eigenvalue weighted by Gasteiger charge is -2.28. The van der Waals surface area contributed by atoms with E-state index in [4.69, 9.17) is 4.42 Å². The summed E-state index contributed by atoms with van der Waals surface area (Å²) >= 11 is 0. The summed E-state index contributed by atoms with van der Waals surface area (Å²) in [5.74, 6) is 0. The molecule has 3 heteroatoms. The molecule has 0 N–H and O–H groups in total. The van der Waals surface area contributed by atoms with E-state index < -0.39 is 0 Å². The Morgan fingerprint density at radius 3 is 1.63 bits per heavy atom. The molecule has 0 aliphatic heterocycles. The first-order chi connectivity index (χ1) is 32.2. The van der Waals surface area contributed by atoms with Gasteiger partial charge < -0.3 is 13.9 Å². The molecule has 2 heterocycles. The molecule has 0 bridgehead atoms. The molecule has 0 saturated carbocycles. The third kappa shape index (κ3) is 6.05. The number of nitrogens with zero attached hydrogens (tertiary/aromatic N) is 2. The first-order valence-corrected chi connectivity index (χ1v) is 22.2. The Bertz CT molecular complexity index is 3900. The highest BCUT2D eigenvalue weighted by molar-refractivity contribution is 6.16. The van der Waals surface area contributed by atoms with E-state index in [1.165, 1.54) is 48.9 Å². The molecule has 304 valence electrons. The molecule has 0 aliphatic carbocycles. The van der Waals surface area contributed by atoms with Gasteiger partial charge in [0.15, 0.2) is 0 Å². The van der Waals surface area contributed by atoms with Gasteiger partial charge in [-0.25, -0.2) is 0 Å². The lowest BCUT2D eigenvalue weighted by molar-refractivity contribution is 0.669. The highest BCUT2D eigenvalue weighted by Gasteiger charge is 2.21. The quantitative estimate of drug-likeness (QED) is 0.149. The summed E-state index contributed by atoms with van der Waals surface area (Å²) in [6, 6.07) is 87.8. The van der Waals surface area contributed by atoms with E-state index in [9.17, 15) is 0 Å². The number of hydrogen-bond acceptors (Lipinski definition) is 2. The number of para-hydroxylation sites is 4. The lowest BCUT2D eigenvalue weighted by atomic mass is 9.92. The Hall–Kier alpha value is -8.66. The van der Waals surface area contributed by atoms with Gasteiger partial charge in [-0.3, -0.25) is 0 Å². The van der Waals surface area contributed by atoms with Gasteiger partial charge in [0, 0.05) is 44.2 Å². The summed E-state index contributed by atoms with van der Waals surface area (Å²) in [5.41, 5.74) is 15.6. The number of fused-ring (bicyclic) bond motifs is 9. The molecule has 65 heavy (non-hydrogen) atoms. The SMILES string of the molecule is c1cc(-c2ccc(N(c3ccc(-c4cccc5oc6ccccc6c45)cc3)c3ccccc3-c3cc4ccccc4c4ccccc34)cc2)cc(-n2c3ccccc3c3ccccc32)c1. The average molecular weight is 829 g/mol. The monoisotopic (exact) mass is 828 g/mol. The maximum Gasteiger partial charge on any atom is 0.136 e. The maximum atomic E-state index is 6.30. The van der Waals surface area contributed by atoms with Gasteiger partial charge in [0.2, 0.25) is 0 Å². The van der Waals surface area contributed by atoms with E-state index in [-0.39, 0.29) is 0 Å². The fourth-order valence-electron chi connectivity index (χ4n) is 10.2. The summed E-state index contributed by atoms with van der Waals surface area (Å²) in [6.45, 7) is 0. The van der Waals surface area contributed by atoms with Crippen molar-refractivity contribution in [3.05, 3.63) is 243 Å². The highest BCUT2D eigenvalue weighted by Crippen LogP contribution is 2.46. The third-order valence-electron chi connectivity index (χ3n) is 13.2. The zero-order chi connectivity index (χ0) is 42.8. The summed E-state index contributed by atoms with van der Waals surface area (Å²) in [6.07, 6.45) is 0. The van der Waals surface area contributed by atoms with Crippen molar-refractivity contribution in [2.24, 2.45) is 0 Å². The van der Waals surface area contributed by atoms with Gasteiger partial charge >= 0.3 is 0 Å². The van der Waals surface area contributed by atoms with Gasteiger partial charge in [-0.1, -0.05) is 170 Å². The molecule has 0 spiro atoms. The van der Waals surface area contributed by atoms with Crippen LogP contribution in [0.3, 0.4) is 0 Å². The first kappa shape index (κ1) is 36.9. The fraction of sp³-hybridized carbons (Fsp3) is 0. The molecule has 0 atom stereocenters. The second kappa shape index (κ2) is 15.0. The minimum Gasteiger partial charge on any atom is -0.456 e. The summed E-state index contributed by atoms with van der Waals surface area (Å²) in [7, 11) is 0. The standard InChI is InChI=1S/C62H40N2O/c1-2-18-48-44(15-1)40-56(51-20-4-3-19-50(48)51)54-23-7-9-26-57(54)63(46-37-33-42(34-38-46)49-25-14-30-61-62(49)55-24-8-12-29-60(55)65-61)45-35-31-41(32-36-45)43-16-13-17-47(39-43)64-58-27-10-5-21-52(58)53-22-6-11-28-59(53)64/h1-40H. The van der Waals surface area contributed by atoms with Crippen LogP contribution >= 0.6 is 0 Å². The van der Waals surface area contributed by atoms with Gasteiger partial charge in [0.05, 0.1) is 16.7 Å². The molecular formula is C62H40N2O. The van der Waals surface area contributed by atoms with Crippen LogP contribution in [0.15, 0.2) is 247 Å². The van der Waals surface area contributed by atoms with Crippen LogP contribution in [0.5, 0.6) is 0 Å². The predicted octanol–water partition coefficient (Wildman–Crippen LogP) is 17.5. The maximum absolute atomic E-state index is 6.30. The van der Waals surface area contributed by atoms with Crippen LogP contribution in [0.4, 0.5) is 17.1 Å². The third-order valence-corrected chi connectivity index (χ3v) is 13.2. The Balaban J connectivity index is 0.957. The molecule has 2 aromatic heterocycles. The molecule has 13 rings (SSSR count). The number of benzene rings is 11. The van der Waals surface area contributed by atoms with Crippen LogP contribution < -0.4 is 4.90 Å². The predicted molar refractivity (Wildman–Crippen MR) is 274 cm³/mol. The van der Waals surface area contributed by atoms with Crippen molar-refractivity contribution in [3.8, 4) is 39.1 Å². The second-order valence-electron chi connectivity index (χ2n) is 16.8. The zero-order valence-electron chi connectivity index (χ0n) is 35.4. The Morgan fingerprint density at radius 1 is 0.323 bits per heavy atom. The molecule has 11 aromatic carbocycles. The smallest absolute Gasteiger partial charge is 0.136 e. The minimum absolute atomic E-state index is 0.895. The molecule has 0 aliphatic rings. The van der Waals surface area contributed by atoms with E-state index in [2.05, 4.69) is 240 Å². The van der Waals surface area contributed by atoms with Crippen LogP contribution in [0.25, 0.3) is 104 Å². The van der Waals surface area contributed by atoms with E-state index >= 15 is 0 Å². The van der Waals surface area contributed by atoms with Crippen LogP contribution in [-0.2, 0) is 0 Å². The number of rotatable bonds is 7. The number of aromatic nitrogens is 1. The van der Waals surface area contributed by atoms with Gasteiger partial charge in [-0.05, 0) is 122 Å². The van der Waals surface area contributed by atoms with Crippen molar-refractivity contribution in [2.45, 2.75) is 0 Å². The highest BCUT2D eigenvalue weighted by atomic mass is 16.3. The van der Waals surface area contributed by atoms with Crippen molar-refractivity contribution in [2.75, 3.05) is 4.90 Å². The Labute approximate surface area is 376 Å². The Kier molecular flexibility index (Phi) is 8.53. The topological polar surface area (TPSA) is 21.3 Å². The molecule has 0 amide bonds. The van der Waals surface area contributed by atoms with Gasteiger partial charge in [0.25, 0.3) is 0 Å². The van der Waals surface area contributed by atoms with Crippen LogP contribution in [0.2, 0.25) is 0 Å². The first-order valence-electron chi connectivity index (χ1n) is 22.2. The molecule has 0 saturated heterocycles. The molecule has 13 aromatic rings. The van der Waals surface area contributed by atoms with E-state index in [0.29, 0.717) is 0 Å². The van der Waals surface area contributed by atoms with E-state index in [0.717, 1.165) is 72.5 Å². The van der Waals surface area contributed by atoms with Gasteiger partial charge in [-0.2, -0.15) is 0 Å². The van der Waals surface area contributed by atoms with E-state index in [1.807, 2.05) is 12.1 Å². The zero-order valence-corrected chi connectivity index (χ0v) is 35.4. The molecule has 0 fully saturated rings. The normalized spacial score (nSPS) is 11.7. The number of anilines is 3. The van der Waals surface area contributed by atoms with Crippen LogP contribution in [-0.4, -0.2) is 4.57 Å². The number of furan rings is 1. The lowest BCUT2D eigenvalue weighted by Crippen LogP contribution is -2.11. The largest absolute Gasteiger partial charge is 0.456 e. The Morgan fingerprint density at radius 2 is 0.877 bits per heavy atom. The van der Waals surface area contributed by atoms with Crippen molar-refractivity contribution in [1.29, 1.82) is 0 Å². The summed E-state index contributed by atoms with van der Waals surface area (Å²) in [5, 5.41) is 9.74. The summed E-state index contributed by atoms with van der Waals surface area (Å²) < 4.78 is 8.68.